The Bertz CT molecular complexity index is 754. The molecule has 1 aromatic carbocycles. The minimum absolute atomic E-state index is 0.0410. The maximum Gasteiger partial charge on any atom is 0.294 e. The summed E-state index contributed by atoms with van der Waals surface area (Å²) in [5.41, 5.74) is -0.353. The van der Waals surface area contributed by atoms with Gasteiger partial charge < -0.3 is 5.32 Å². The zero-order chi connectivity index (χ0) is 15.4. The fraction of sp³-hybridized carbons (Fsp3) is 0. The summed E-state index contributed by atoms with van der Waals surface area (Å²) in [5.74, 6) is -0.674. The molecule has 0 bridgehead atoms. The monoisotopic (exact) mass is 303 g/mol. The van der Waals surface area contributed by atoms with Gasteiger partial charge in [-0.2, -0.15) is 5.26 Å². The molecule has 2 rings (SSSR count). The van der Waals surface area contributed by atoms with Crippen molar-refractivity contribution in [2.75, 3.05) is 5.32 Å². The quantitative estimate of drug-likeness (QED) is 0.684. The molecular weight excluding hydrogens is 298 g/mol. The topological polar surface area (TPSA) is 122 Å². The van der Waals surface area contributed by atoms with Gasteiger partial charge in [0.05, 0.1) is 16.6 Å². The number of benzene rings is 1. The van der Waals surface area contributed by atoms with Crippen molar-refractivity contribution < 1.29 is 9.72 Å². The Hall–Kier alpha value is -3.05. The molecule has 0 aliphatic rings. The van der Waals surface area contributed by atoms with Gasteiger partial charge in [-0.3, -0.25) is 14.9 Å². The molecule has 0 radical (unpaired) electrons. The number of anilines is 1. The number of nitro groups is 1. The van der Waals surface area contributed by atoms with Crippen molar-refractivity contribution >= 4 is 28.9 Å². The van der Waals surface area contributed by atoms with E-state index in [1.54, 1.807) is 6.07 Å². The number of carbonyl (C=O) groups excluding carboxylic acids is 1. The molecule has 1 heterocycles. The van der Waals surface area contributed by atoms with Crippen LogP contribution in [0, 0.1) is 21.4 Å². The molecule has 21 heavy (non-hydrogen) atoms. The second-order valence-electron chi connectivity index (χ2n) is 3.80. The van der Waals surface area contributed by atoms with Gasteiger partial charge in [0.15, 0.2) is 10.8 Å². The lowest BCUT2D eigenvalue weighted by molar-refractivity contribution is -0.383. The van der Waals surface area contributed by atoms with E-state index in [4.69, 9.17) is 16.9 Å². The zero-order valence-electron chi connectivity index (χ0n) is 10.3. The summed E-state index contributed by atoms with van der Waals surface area (Å²) in [4.78, 5) is 22.2. The lowest BCUT2D eigenvalue weighted by atomic mass is 10.2. The van der Waals surface area contributed by atoms with Crippen molar-refractivity contribution in [1.82, 2.24) is 10.2 Å². The number of nitro benzene ring substituents is 1. The third-order valence-electron chi connectivity index (χ3n) is 2.44. The lowest BCUT2D eigenvalue weighted by Gasteiger charge is -2.05. The summed E-state index contributed by atoms with van der Waals surface area (Å²) in [6.07, 6.45) is 0. The highest BCUT2D eigenvalue weighted by Gasteiger charge is 2.18. The number of hydrogen-bond acceptors (Lipinski definition) is 6. The molecule has 9 heteroatoms. The largest absolute Gasteiger partial charge is 0.315 e. The number of nitriles is 1. The van der Waals surface area contributed by atoms with E-state index >= 15 is 0 Å². The molecule has 1 N–H and O–H groups in total. The van der Waals surface area contributed by atoms with Crippen LogP contribution >= 0.6 is 11.6 Å². The Kier molecular flexibility index (Phi) is 4.06. The van der Waals surface area contributed by atoms with Crippen LogP contribution in [0.3, 0.4) is 0 Å². The van der Waals surface area contributed by atoms with Crippen LogP contribution < -0.4 is 5.32 Å². The Labute approximate surface area is 123 Å². The number of amides is 1. The normalized spacial score (nSPS) is 9.71. The van der Waals surface area contributed by atoms with Gasteiger partial charge in [-0.1, -0.05) is 11.6 Å². The Balaban J connectivity index is 2.31. The highest BCUT2D eigenvalue weighted by Crippen LogP contribution is 2.25. The first-order valence-corrected chi connectivity index (χ1v) is 5.88. The van der Waals surface area contributed by atoms with Gasteiger partial charge in [0.2, 0.25) is 0 Å². The number of rotatable bonds is 3. The maximum atomic E-state index is 11.9. The summed E-state index contributed by atoms with van der Waals surface area (Å²) in [5, 5.41) is 29.2. The Morgan fingerprint density at radius 2 is 2.10 bits per heavy atom. The van der Waals surface area contributed by atoms with E-state index in [9.17, 15) is 14.9 Å². The molecule has 8 nitrogen and oxygen atoms in total. The molecule has 0 aliphatic heterocycles. The molecule has 0 aliphatic carbocycles. The summed E-state index contributed by atoms with van der Waals surface area (Å²) in [6, 6.07) is 8.20. The van der Waals surface area contributed by atoms with Crippen molar-refractivity contribution in [1.29, 1.82) is 5.26 Å². The van der Waals surface area contributed by atoms with Gasteiger partial charge in [-0.25, -0.2) is 0 Å². The van der Waals surface area contributed by atoms with Crippen molar-refractivity contribution in [3.8, 4) is 6.07 Å². The smallest absolute Gasteiger partial charge is 0.294 e. The zero-order valence-corrected chi connectivity index (χ0v) is 11.0. The van der Waals surface area contributed by atoms with Gasteiger partial charge in [0, 0.05) is 6.07 Å². The molecule has 0 saturated heterocycles. The van der Waals surface area contributed by atoms with Crippen molar-refractivity contribution in [2.24, 2.45) is 0 Å². The van der Waals surface area contributed by atoms with Crippen LogP contribution in [0.15, 0.2) is 30.3 Å². The fourth-order valence-corrected chi connectivity index (χ4v) is 1.58. The maximum absolute atomic E-state index is 11.9. The molecule has 1 aromatic heterocycles. The van der Waals surface area contributed by atoms with E-state index in [-0.39, 0.29) is 27.8 Å². The van der Waals surface area contributed by atoms with Crippen molar-refractivity contribution in [3.05, 3.63) is 56.9 Å². The molecule has 1 amide bonds. The van der Waals surface area contributed by atoms with Crippen molar-refractivity contribution in [2.45, 2.75) is 0 Å². The van der Waals surface area contributed by atoms with Crippen LogP contribution in [0.25, 0.3) is 0 Å². The molecule has 0 saturated carbocycles. The van der Waals surface area contributed by atoms with E-state index in [0.29, 0.717) is 0 Å². The third kappa shape index (κ3) is 3.29. The molecule has 104 valence electrons. The summed E-state index contributed by atoms with van der Waals surface area (Å²) in [7, 11) is 0. The van der Waals surface area contributed by atoms with Crippen LogP contribution in [0.5, 0.6) is 0 Å². The number of aromatic nitrogens is 2. The SMILES string of the molecule is N#Cc1ccc(NC(=O)c2ccc(Cl)nn2)c([N+](=O)[O-])c1. The Morgan fingerprint density at radius 1 is 1.33 bits per heavy atom. The van der Waals surface area contributed by atoms with E-state index in [2.05, 4.69) is 15.5 Å². The number of nitrogens with zero attached hydrogens (tertiary/aromatic N) is 4. The van der Waals surface area contributed by atoms with Gasteiger partial charge >= 0.3 is 0 Å². The molecule has 0 atom stereocenters. The Morgan fingerprint density at radius 3 is 2.67 bits per heavy atom. The summed E-state index contributed by atoms with van der Waals surface area (Å²) >= 11 is 5.55. The van der Waals surface area contributed by atoms with Gasteiger partial charge in [-0.15, -0.1) is 10.2 Å². The fourth-order valence-electron chi connectivity index (χ4n) is 1.48. The first-order valence-electron chi connectivity index (χ1n) is 5.50. The highest BCUT2D eigenvalue weighted by molar-refractivity contribution is 6.29. The van der Waals surface area contributed by atoms with Gasteiger partial charge in [0.1, 0.15) is 5.69 Å². The second-order valence-corrected chi connectivity index (χ2v) is 4.18. The predicted octanol–water partition coefficient (Wildman–Crippen LogP) is 2.16. The molecular formula is C12H6ClN5O3. The average molecular weight is 304 g/mol. The lowest BCUT2D eigenvalue weighted by Crippen LogP contribution is -2.15. The highest BCUT2D eigenvalue weighted by atomic mass is 35.5. The second kappa shape index (κ2) is 5.94. The minimum atomic E-state index is -0.690. The van der Waals surface area contributed by atoms with Crippen LogP contribution in [-0.2, 0) is 0 Å². The molecule has 0 unspecified atom stereocenters. The van der Waals surface area contributed by atoms with E-state index in [1.807, 2.05) is 0 Å². The first-order chi connectivity index (χ1) is 10.0. The van der Waals surface area contributed by atoms with Crippen LogP contribution in [-0.4, -0.2) is 21.0 Å². The minimum Gasteiger partial charge on any atom is -0.315 e. The van der Waals surface area contributed by atoms with Crippen LogP contribution in [0.2, 0.25) is 5.15 Å². The van der Waals surface area contributed by atoms with Crippen LogP contribution in [0.1, 0.15) is 16.1 Å². The number of carbonyl (C=O) groups is 1. The molecule has 2 aromatic rings. The number of halogens is 1. The predicted molar refractivity (Wildman–Crippen MR) is 72.8 cm³/mol. The van der Waals surface area contributed by atoms with Crippen molar-refractivity contribution in [3.63, 3.8) is 0 Å². The van der Waals surface area contributed by atoms with Gasteiger partial charge in [0.25, 0.3) is 11.6 Å². The van der Waals surface area contributed by atoms with E-state index < -0.39 is 10.8 Å². The van der Waals surface area contributed by atoms with E-state index in [0.717, 1.165) is 6.07 Å². The molecule has 0 spiro atoms. The summed E-state index contributed by atoms with van der Waals surface area (Å²) < 4.78 is 0. The third-order valence-corrected chi connectivity index (χ3v) is 2.64. The standard InChI is InChI=1S/C12H6ClN5O3/c13-11-4-3-9(16-17-11)12(19)15-8-2-1-7(6-14)5-10(8)18(20)21/h1-5H,(H,15,19). The number of hydrogen-bond donors (Lipinski definition) is 1. The number of nitrogens with one attached hydrogen (secondary N) is 1. The van der Waals surface area contributed by atoms with E-state index in [1.165, 1.54) is 24.3 Å². The summed E-state index contributed by atoms with van der Waals surface area (Å²) in [6.45, 7) is 0. The molecule has 0 fully saturated rings. The van der Waals surface area contributed by atoms with Crippen LogP contribution in [0.4, 0.5) is 11.4 Å². The van der Waals surface area contributed by atoms with Gasteiger partial charge in [-0.05, 0) is 24.3 Å². The first kappa shape index (κ1) is 14.4. The average Bonchev–Trinajstić information content (AvgIpc) is 2.48.